The van der Waals surface area contributed by atoms with Gasteiger partial charge in [0.25, 0.3) is 0 Å². The number of rotatable bonds is 4. The molecule has 3 aromatic rings. The van der Waals surface area contributed by atoms with E-state index in [1.54, 1.807) is 30.6 Å². The lowest BCUT2D eigenvalue weighted by Gasteiger charge is -2.07. The largest absolute Gasteiger partial charge is 0.437 e. The maximum absolute atomic E-state index is 12.9. The molecular formula is C19H14FN3O2. The van der Waals surface area contributed by atoms with Crippen molar-refractivity contribution in [2.45, 2.75) is 6.54 Å². The molecule has 3 heterocycles. The zero-order chi connectivity index (χ0) is 17.2. The van der Waals surface area contributed by atoms with Crippen molar-refractivity contribution in [3.63, 3.8) is 0 Å². The molecule has 0 bridgehead atoms. The number of hydrogen-bond donors (Lipinski definition) is 2. The van der Waals surface area contributed by atoms with Crippen molar-refractivity contribution in [2.24, 2.45) is 0 Å². The molecule has 1 aliphatic heterocycles. The summed E-state index contributed by atoms with van der Waals surface area (Å²) < 4.78 is 18.5. The highest BCUT2D eigenvalue weighted by atomic mass is 19.1. The van der Waals surface area contributed by atoms with E-state index >= 15 is 0 Å². The molecular weight excluding hydrogens is 321 g/mol. The molecule has 25 heavy (non-hydrogen) atoms. The number of pyridine rings is 1. The maximum Gasteiger partial charge on any atom is 0.226 e. The average Bonchev–Trinajstić information content (AvgIpc) is 3.19. The number of fused-ring (bicyclic) bond motifs is 1. The highest BCUT2D eigenvalue weighted by Gasteiger charge is 2.21. The summed E-state index contributed by atoms with van der Waals surface area (Å²) in [5, 5.41) is 3.94. The van der Waals surface area contributed by atoms with Crippen molar-refractivity contribution in [1.29, 1.82) is 0 Å². The predicted octanol–water partition coefficient (Wildman–Crippen LogP) is 3.27. The lowest BCUT2D eigenvalue weighted by atomic mass is 10.2. The second kappa shape index (κ2) is 6.24. The summed E-state index contributed by atoms with van der Waals surface area (Å²) in [7, 11) is 0. The van der Waals surface area contributed by atoms with E-state index in [9.17, 15) is 9.18 Å². The highest BCUT2D eigenvalue weighted by molar-refractivity contribution is 6.08. The van der Waals surface area contributed by atoms with E-state index in [-0.39, 0.29) is 17.4 Å². The van der Waals surface area contributed by atoms with Gasteiger partial charge in [-0.25, -0.2) is 9.37 Å². The van der Waals surface area contributed by atoms with Gasteiger partial charge in [-0.15, -0.1) is 0 Å². The van der Waals surface area contributed by atoms with Crippen molar-refractivity contribution >= 4 is 22.9 Å². The van der Waals surface area contributed by atoms with Gasteiger partial charge in [-0.2, -0.15) is 0 Å². The molecule has 124 valence electrons. The molecule has 2 aromatic heterocycles. The van der Waals surface area contributed by atoms with E-state index in [0.29, 0.717) is 12.4 Å². The fourth-order valence-electron chi connectivity index (χ4n) is 2.61. The number of benzene rings is 1. The molecule has 1 aliphatic rings. The summed E-state index contributed by atoms with van der Waals surface area (Å²) in [5.74, 6) is 0.124. The molecule has 0 aliphatic carbocycles. The van der Waals surface area contributed by atoms with Crippen LogP contribution in [0.25, 0.3) is 17.1 Å². The van der Waals surface area contributed by atoms with Gasteiger partial charge in [0.15, 0.2) is 11.6 Å². The minimum absolute atomic E-state index is 0.208. The first kappa shape index (κ1) is 15.1. The van der Waals surface area contributed by atoms with Crippen molar-refractivity contribution in [1.82, 2.24) is 15.3 Å². The zero-order valence-electron chi connectivity index (χ0n) is 13.1. The van der Waals surface area contributed by atoms with E-state index in [0.717, 1.165) is 22.2 Å². The number of ketones is 1. The molecule has 0 fully saturated rings. The van der Waals surface area contributed by atoms with Gasteiger partial charge in [0.05, 0.1) is 0 Å². The standard InChI is InChI=1S/C19H14FN3O2/c20-14-5-3-12(4-6-14)10-22-18-9-16(24)17(25-18)8-13-11-23-19-15(13)2-1-7-21-19/h1-9,11,22H,10H2,(H,21,23)/b17-8-. The Morgan fingerprint density at radius 2 is 2.08 bits per heavy atom. The molecule has 6 heteroatoms. The number of allylic oxidation sites excluding steroid dienone is 1. The van der Waals surface area contributed by atoms with Crippen molar-refractivity contribution in [2.75, 3.05) is 0 Å². The SMILES string of the molecule is O=C1C=C(NCc2ccc(F)cc2)O/C1=C\c1c[nH]c2ncccc12. The van der Waals surface area contributed by atoms with Crippen molar-refractivity contribution < 1.29 is 13.9 Å². The third-order valence-corrected chi connectivity index (χ3v) is 3.87. The van der Waals surface area contributed by atoms with Gasteiger partial charge in [0, 0.05) is 36.0 Å². The summed E-state index contributed by atoms with van der Waals surface area (Å²) in [6, 6.07) is 9.89. The van der Waals surface area contributed by atoms with Crippen LogP contribution in [0, 0.1) is 5.82 Å². The average molecular weight is 335 g/mol. The van der Waals surface area contributed by atoms with E-state index in [4.69, 9.17) is 4.74 Å². The van der Waals surface area contributed by atoms with Crippen LogP contribution in [0.3, 0.4) is 0 Å². The molecule has 0 radical (unpaired) electrons. The Balaban J connectivity index is 1.47. The minimum Gasteiger partial charge on any atom is -0.437 e. The lowest BCUT2D eigenvalue weighted by molar-refractivity contribution is -0.112. The van der Waals surface area contributed by atoms with Crippen LogP contribution >= 0.6 is 0 Å². The lowest BCUT2D eigenvalue weighted by Crippen LogP contribution is -2.12. The summed E-state index contributed by atoms with van der Waals surface area (Å²) in [6.45, 7) is 0.434. The highest BCUT2D eigenvalue weighted by Crippen LogP contribution is 2.23. The number of aromatic amines is 1. The van der Waals surface area contributed by atoms with Gasteiger partial charge in [-0.3, -0.25) is 4.79 Å². The second-order valence-electron chi connectivity index (χ2n) is 5.61. The fraction of sp³-hybridized carbons (Fsp3) is 0.0526. The summed E-state index contributed by atoms with van der Waals surface area (Å²) >= 11 is 0. The molecule has 1 aromatic carbocycles. The van der Waals surface area contributed by atoms with Crippen LogP contribution in [0.1, 0.15) is 11.1 Å². The van der Waals surface area contributed by atoms with Gasteiger partial charge >= 0.3 is 0 Å². The first-order chi connectivity index (χ1) is 12.2. The molecule has 0 amide bonds. The molecule has 0 spiro atoms. The third-order valence-electron chi connectivity index (χ3n) is 3.87. The minimum atomic E-state index is -0.284. The number of H-pyrrole nitrogens is 1. The van der Waals surface area contributed by atoms with Crippen LogP contribution in [0.15, 0.2) is 66.5 Å². The van der Waals surface area contributed by atoms with E-state index in [2.05, 4.69) is 15.3 Å². The number of carbonyl (C=O) groups is 1. The molecule has 4 rings (SSSR count). The van der Waals surface area contributed by atoms with E-state index in [1.807, 2.05) is 12.1 Å². The summed E-state index contributed by atoms with van der Waals surface area (Å²) in [5.41, 5.74) is 2.47. The van der Waals surface area contributed by atoms with Gasteiger partial charge in [0.2, 0.25) is 5.78 Å². The Labute approximate surface area is 142 Å². The van der Waals surface area contributed by atoms with Gasteiger partial charge in [-0.05, 0) is 35.9 Å². The van der Waals surface area contributed by atoms with Gasteiger partial charge in [0.1, 0.15) is 11.5 Å². The Kier molecular flexibility index (Phi) is 3.78. The van der Waals surface area contributed by atoms with Crippen LogP contribution in [0.4, 0.5) is 4.39 Å². The number of ether oxygens (including phenoxy) is 1. The van der Waals surface area contributed by atoms with Crippen molar-refractivity contribution in [3.8, 4) is 0 Å². The molecule has 0 unspecified atom stereocenters. The Morgan fingerprint density at radius 3 is 2.92 bits per heavy atom. The zero-order valence-corrected chi connectivity index (χ0v) is 13.1. The first-order valence-electron chi connectivity index (χ1n) is 7.75. The van der Waals surface area contributed by atoms with Crippen LogP contribution in [-0.4, -0.2) is 15.8 Å². The summed E-state index contributed by atoms with van der Waals surface area (Å²) in [4.78, 5) is 19.4. The quantitative estimate of drug-likeness (QED) is 0.718. The number of carbonyl (C=O) groups excluding carboxylic acids is 1. The number of nitrogens with zero attached hydrogens (tertiary/aromatic N) is 1. The second-order valence-corrected chi connectivity index (χ2v) is 5.61. The van der Waals surface area contributed by atoms with Crippen molar-refractivity contribution in [3.05, 3.63) is 83.5 Å². The van der Waals surface area contributed by atoms with Crippen LogP contribution in [-0.2, 0) is 16.1 Å². The number of halogens is 1. The predicted molar refractivity (Wildman–Crippen MR) is 91.5 cm³/mol. The Bertz CT molecular complexity index is 1000. The molecule has 0 saturated heterocycles. The number of nitrogens with one attached hydrogen (secondary N) is 2. The maximum atomic E-state index is 12.9. The van der Waals surface area contributed by atoms with Gasteiger partial charge in [-0.1, -0.05) is 12.1 Å². The fourth-order valence-corrected chi connectivity index (χ4v) is 2.61. The molecule has 0 atom stereocenters. The molecule has 2 N–H and O–H groups in total. The first-order valence-corrected chi connectivity index (χ1v) is 7.75. The number of aromatic nitrogens is 2. The van der Waals surface area contributed by atoms with Gasteiger partial charge < -0.3 is 15.0 Å². The molecule has 0 saturated carbocycles. The van der Waals surface area contributed by atoms with E-state index in [1.165, 1.54) is 18.2 Å². The normalized spacial score (nSPS) is 15.5. The Hall–Kier alpha value is -3.41. The smallest absolute Gasteiger partial charge is 0.226 e. The third kappa shape index (κ3) is 3.14. The topological polar surface area (TPSA) is 67.0 Å². The summed E-state index contributed by atoms with van der Waals surface area (Å²) in [6.07, 6.45) is 6.58. The number of hydrogen-bond acceptors (Lipinski definition) is 4. The van der Waals surface area contributed by atoms with Crippen LogP contribution in [0.2, 0.25) is 0 Å². The monoisotopic (exact) mass is 335 g/mol. The van der Waals surface area contributed by atoms with E-state index < -0.39 is 0 Å². The Morgan fingerprint density at radius 1 is 1.24 bits per heavy atom. The van der Waals surface area contributed by atoms with Crippen LogP contribution in [0.5, 0.6) is 0 Å². The molecule has 5 nitrogen and oxygen atoms in total. The van der Waals surface area contributed by atoms with Crippen LogP contribution < -0.4 is 5.32 Å².